The van der Waals surface area contributed by atoms with Gasteiger partial charge in [0.2, 0.25) is 15.9 Å². The van der Waals surface area contributed by atoms with Gasteiger partial charge in [-0.1, -0.05) is 18.2 Å². The Bertz CT molecular complexity index is 1330. The van der Waals surface area contributed by atoms with Gasteiger partial charge in [0, 0.05) is 88.3 Å². The summed E-state index contributed by atoms with van der Waals surface area (Å²) in [6.45, 7) is 2.82. The number of para-hydroxylation sites is 1. The maximum atomic E-state index is 13.6. The number of hydrogen-bond acceptors (Lipinski definition) is 7. The lowest BCUT2D eigenvalue weighted by atomic mass is 10.1. The molecule has 2 heterocycles. The van der Waals surface area contributed by atoms with Gasteiger partial charge in [-0.15, -0.1) is 0 Å². The number of aromatic nitrogens is 1. The number of aromatic amines is 1. The third-order valence-electron chi connectivity index (χ3n) is 7.12. The van der Waals surface area contributed by atoms with Crippen molar-refractivity contribution in [1.82, 2.24) is 14.2 Å². The molecule has 1 aliphatic heterocycles. The summed E-state index contributed by atoms with van der Waals surface area (Å²) in [6, 6.07) is 15.0. The number of carbonyl (C=O) groups excluding carboxylic acids is 1. The van der Waals surface area contributed by atoms with Crippen molar-refractivity contribution in [2.45, 2.75) is 23.8 Å². The van der Waals surface area contributed by atoms with Gasteiger partial charge in [-0.2, -0.15) is 0 Å². The van der Waals surface area contributed by atoms with E-state index in [4.69, 9.17) is 9.47 Å². The number of H-pyrrole nitrogens is 1. The van der Waals surface area contributed by atoms with E-state index in [0.717, 1.165) is 27.8 Å². The Kier molecular flexibility index (Phi) is 9.62. The first-order chi connectivity index (χ1) is 18.7. The molecule has 4 rings (SSSR count). The van der Waals surface area contributed by atoms with Gasteiger partial charge in [-0.3, -0.25) is 4.79 Å². The minimum absolute atomic E-state index is 0.0411. The van der Waals surface area contributed by atoms with E-state index in [1.807, 2.05) is 36.4 Å². The summed E-state index contributed by atoms with van der Waals surface area (Å²) in [5, 5.41) is 11.2. The van der Waals surface area contributed by atoms with Crippen LogP contribution in [-0.4, -0.2) is 107 Å². The predicted octanol–water partition coefficient (Wildman–Crippen LogP) is 2.54. The number of carbonyl (C=O) groups is 1. The summed E-state index contributed by atoms with van der Waals surface area (Å²) in [5.41, 5.74) is 3.36. The molecule has 1 aromatic heterocycles. The highest BCUT2D eigenvalue weighted by Crippen LogP contribution is 2.36. The summed E-state index contributed by atoms with van der Waals surface area (Å²) < 4.78 is 38.6. The summed E-state index contributed by atoms with van der Waals surface area (Å²) in [4.78, 5) is 20.1. The van der Waals surface area contributed by atoms with Crippen LogP contribution in [0.25, 0.3) is 22.2 Å². The monoisotopic (exact) mass is 558 g/mol. The fourth-order valence-corrected chi connectivity index (χ4v) is 6.02. The van der Waals surface area contributed by atoms with Gasteiger partial charge in [0.25, 0.3) is 0 Å². The third-order valence-corrected chi connectivity index (χ3v) is 8.98. The maximum Gasteiger partial charge on any atom is 0.242 e. The number of nitrogens with zero attached hydrogens (tertiary/aromatic N) is 3. The van der Waals surface area contributed by atoms with Crippen LogP contribution < -0.4 is 4.90 Å². The zero-order valence-corrected chi connectivity index (χ0v) is 23.6. The van der Waals surface area contributed by atoms with E-state index in [0.29, 0.717) is 45.8 Å². The molecule has 1 saturated heterocycles. The number of aliphatic hydroxyl groups excluding tert-OH is 1. The molecule has 3 aromatic rings. The van der Waals surface area contributed by atoms with E-state index in [-0.39, 0.29) is 23.8 Å². The fourth-order valence-electron chi connectivity index (χ4n) is 4.82. The molecule has 10 nitrogen and oxygen atoms in total. The van der Waals surface area contributed by atoms with Crippen LogP contribution >= 0.6 is 0 Å². The number of hydrogen-bond donors (Lipinski definition) is 2. The van der Waals surface area contributed by atoms with Crippen LogP contribution in [0, 0.1) is 0 Å². The molecule has 1 atom stereocenters. The minimum atomic E-state index is -3.87. The Labute approximate surface area is 230 Å². The SMILES string of the molecule is COCCN(CCOC)C(=O)CCN(C)S(=O)(=O)c1ccc(N2CC[C@H](O)C2)c(-c2cc3ccccc3[nH]2)c1. The number of aliphatic hydroxyl groups is 1. The number of β-amino-alcohol motifs (C(OH)–C–C–N with tert-alkyl or cyclic N) is 1. The lowest BCUT2D eigenvalue weighted by molar-refractivity contribution is -0.132. The third kappa shape index (κ3) is 6.79. The molecule has 1 aliphatic rings. The Balaban J connectivity index is 1.58. The van der Waals surface area contributed by atoms with Gasteiger partial charge >= 0.3 is 0 Å². The standard InChI is InChI=1S/C28H38N4O6S/c1-30(12-11-28(34)31(14-16-37-2)15-17-38-3)39(35,36)23-8-9-27(32-13-10-22(33)20-32)24(19-23)26-18-21-6-4-5-7-25(21)29-26/h4-9,18-19,22,29,33H,10-17,20H2,1-3H3/t22-/m0/s1. The molecule has 0 spiro atoms. The number of benzene rings is 2. The number of anilines is 1. The zero-order valence-electron chi connectivity index (χ0n) is 22.8. The molecule has 0 radical (unpaired) electrons. The lowest BCUT2D eigenvalue weighted by Crippen LogP contribution is -2.39. The van der Waals surface area contributed by atoms with Crippen molar-refractivity contribution >= 4 is 32.5 Å². The molecule has 0 bridgehead atoms. The normalized spacial score (nSPS) is 15.9. The van der Waals surface area contributed by atoms with Crippen LogP contribution in [0.2, 0.25) is 0 Å². The highest BCUT2D eigenvalue weighted by Gasteiger charge is 2.27. The van der Waals surface area contributed by atoms with E-state index in [1.165, 1.54) is 11.4 Å². The molecule has 0 unspecified atom stereocenters. The van der Waals surface area contributed by atoms with Crippen LogP contribution in [0.15, 0.2) is 53.4 Å². The number of amides is 1. The molecule has 1 fully saturated rings. The van der Waals surface area contributed by atoms with Gasteiger partial charge in [-0.25, -0.2) is 12.7 Å². The van der Waals surface area contributed by atoms with Gasteiger partial charge in [-0.05, 0) is 36.8 Å². The highest BCUT2D eigenvalue weighted by molar-refractivity contribution is 7.89. The lowest BCUT2D eigenvalue weighted by Gasteiger charge is -2.25. The van der Waals surface area contributed by atoms with Crippen LogP contribution in [0.5, 0.6) is 0 Å². The van der Waals surface area contributed by atoms with Gasteiger partial charge in [0.15, 0.2) is 0 Å². The van der Waals surface area contributed by atoms with Crippen LogP contribution in [0.3, 0.4) is 0 Å². The highest BCUT2D eigenvalue weighted by atomic mass is 32.2. The second-order valence-corrected chi connectivity index (χ2v) is 11.8. The average molecular weight is 559 g/mol. The number of ether oxygens (including phenoxy) is 2. The summed E-state index contributed by atoms with van der Waals surface area (Å²) >= 11 is 0. The van der Waals surface area contributed by atoms with Crippen molar-refractivity contribution in [3.05, 3.63) is 48.5 Å². The predicted molar refractivity (Wildman–Crippen MR) is 151 cm³/mol. The molecule has 2 aromatic carbocycles. The second-order valence-electron chi connectivity index (χ2n) is 9.78. The van der Waals surface area contributed by atoms with E-state index < -0.39 is 16.1 Å². The Hall–Kier alpha value is -2.96. The van der Waals surface area contributed by atoms with Crippen LogP contribution in [-0.2, 0) is 24.3 Å². The number of methoxy groups -OCH3 is 2. The summed E-state index contributed by atoms with van der Waals surface area (Å²) in [6.07, 6.45) is 0.288. The molecular weight excluding hydrogens is 520 g/mol. The van der Waals surface area contributed by atoms with Crippen molar-refractivity contribution in [2.75, 3.05) is 72.1 Å². The van der Waals surface area contributed by atoms with Crippen LogP contribution in [0.1, 0.15) is 12.8 Å². The first-order valence-corrected chi connectivity index (χ1v) is 14.6. The van der Waals surface area contributed by atoms with Crippen molar-refractivity contribution < 1.29 is 27.8 Å². The number of sulfonamides is 1. The van der Waals surface area contributed by atoms with Gasteiger partial charge in [0.1, 0.15) is 0 Å². The van der Waals surface area contributed by atoms with Crippen molar-refractivity contribution in [3.63, 3.8) is 0 Å². The topological polar surface area (TPSA) is 115 Å². The van der Waals surface area contributed by atoms with Crippen molar-refractivity contribution in [3.8, 4) is 11.3 Å². The molecule has 0 aliphatic carbocycles. The zero-order chi connectivity index (χ0) is 28.0. The number of nitrogens with one attached hydrogen (secondary N) is 1. The smallest absolute Gasteiger partial charge is 0.242 e. The molecule has 11 heteroatoms. The van der Waals surface area contributed by atoms with E-state index in [9.17, 15) is 18.3 Å². The summed E-state index contributed by atoms with van der Waals surface area (Å²) in [5.74, 6) is -0.159. The fraction of sp³-hybridized carbons (Fsp3) is 0.464. The second kappa shape index (κ2) is 12.9. The van der Waals surface area contributed by atoms with E-state index >= 15 is 0 Å². The quantitative estimate of drug-likeness (QED) is 0.331. The molecule has 1 amide bonds. The molecule has 39 heavy (non-hydrogen) atoms. The van der Waals surface area contributed by atoms with Crippen molar-refractivity contribution in [2.24, 2.45) is 0 Å². The van der Waals surface area contributed by atoms with Gasteiger partial charge < -0.3 is 29.4 Å². The van der Waals surface area contributed by atoms with Crippen molar-refractivity contribution in [1.29, 1.82) is 0 Å². The molecular formula is C28H38N4O6S. The maximum absolute atomic E-state index is 13.6. The van der Waals surface area contributed by atoms with E-state index in [1.54, 1.807) is 31.3 Å². The Morgan fingerprint density at radius 3 is 2.44 bits per heavy atom. The first-order valence-electron chi connectivity index (χ1n) is 13.1. The first kappa shape index (κ1) is 29.0. The van der Waals surface area contributed by atoms with Gasteiger partial charge in [0.05, 0.1) is 24.2 Å². The minimum Gasteiger partial charge on any atom is -0.391 e. The van der Waals surface area contributed by atoms with E-state index in [2.05, 4.69) is 9.88 Å². The molecule has 0 saturated carbocycles. The number of fused-ring (bicyclic) bond motifs is 1. The summed E-state index contributed by atoms with van der Waals surface area (Å²) in [7, 11) is 0.756. The molecule has 212 valence electrons. The average Bonchev–Trinajstić information content (AvgIpc) is 3.57. The largest absolute Gasteiger partial charge is 0.391 e. The molecule has 2 N–H and O–H groups in total. The number of rotatable bonds is 13. The Morgan fingerprint density at radius 1 is 1.08 bits per heavy atom. The Morgan fingerprint density at radius 2 is 1.79 bits per heavy atom. The van der Waals surface area contributed by atoms with Crippen LogP contribution in [0.4, 0.5) is 5.69 Å².